The molecule has 0 saturated carbocycles. The van der Waals surface area contributed by atoms with Crippen LogP contribution in [0.1, 0.15) is 11.3 Å². The molecule has 0 aliphatic rings. The van der Waals surface area contributed by atoms with Crippen LogP contribution in [0.5, 0.6) is 5.88 Å². The van der Waals surface area contributed by atoms with Crippen molar-refractivity contribution in [2.75, 3.05) is 12.4 Å². The minimum atomic E-state index is -0.448. The summed E-state index contributed by atoms with van der Waals surface area (Å²) < 4.78 is 5.15. The number of nitro groups is 1. The van der Waals surface area contributed by atoms with E-state index in [0.29, 0.717) is 23.9 Å². The Morgan fingerprint density at radius 1 is 1.40 bits per heavy atom. The van der Waals surface area contributed by atoms with Gasteiger partial charge in [0.15, 0.2) is 0 Å². The SMILES string of the molecule is COc1ncccc1CNc1ccc([N+](=O)[O-])c(C)n1. The molecule has 0 aromatic carbocycles. The predicted molar refractivity (Wildman–Crippen MR) is 73.7 cm³/mol. The minimum absolute atomic E-state index is 0.00880. The summed E-state index contributed by atoms with van der Waals surface area (Å²) in [5, 5.41) is 13.8. The van der Waals surface area contributed by atoms with Crippen LogP contribution in [0.25, 0.3) is 0 Å². The Labute approximate surface area is 115 Å². The van der Waals surface area contributed by atoms with Crippen LogP contribution in [0.4, 0.5) is 11.5 Å². The molecule has 0 amide bonds. The third-order valence-corrected chi connectivity index (χ3v) is 2.76. The third kappa shape index (κ3) is 3.00. The molecule has 0 fully saturated rings. The van der Waals surface area contributed by atoms with E-state index >= 15 is 0 Å². The summed E-state index contributed by atoms with van der Waals surface area (Å²) in [6.45, 7) is 2.08. The molecule has 0 spiro atoms. The van der Waals surface area contributed by atoms with Crippen LogP contribution < -0.4 is 10.1 Å². The molecule has 2 aromatic rings. The summed E-state index contributed by atoms with van der Waals surface area (Å²) in [6.07, 6.45) is 1.65. The molecule has 104 valence electrons. The summed E-state index contributed by atoms with van der Waals surface area (Å²) in [7, 11) is 1.56. The highest BCUT2D eigenvalue weighted by Gasteiger charge is 2.12. The van der Waals surface area contributed by atoms with Crippen LogP contribution >= 0.6 is 0 Å². The largest absolute Gasteiger partial charge is 0.481 e. The van der Waals surface area contributed by atoms with Crippen molar-refractivity contribution in [1.82, 2.24) is 9.97 Å². The van der Waals surface area contributed by atoms with Crippen molar-refractivity contribution in [2.24, 2.45) is 0 Å². The number of hydrogen-bond donors (Lipinski definition) is 1. The second-order valence-corrected chi connectivity index (χ2v) is 4.08. The molecule has 7 heteroatoms. The molecule has 2 aromatic heterocycles. The van der Waals surface area contributed by atoms with Crippen molar-refractivity contribution in [3.05, 3.63) is 51.8 Å². The zero-order valence-electron chi connectivity index (χ0n) is 11.2. The maximum Gasteiger partial charge on any atom is 0.290 e. The Hall–Kier alpha value is -2.70. The van der Waals surface area contributed by atoms with E-state index in [0.717, 1.165) is 5.56 Å². The number of nitrogens with zero attached hydrogens (tertiary/aromatic N) is 3. The number of aromatic nitrogens is 2. The van der Waals surface area contributed by atoms with Gasteiger partial charge in [0, 0.05) is 24.4 Å². The number of ether oxygens (including phenoxy) is 1. The first-order valence-electron chi connectivity index (χ1n) is 5.95. The standard InChI is InChI=1S/C13H14N4O3/c1-9-11(17(18)19)5-6-12(16-9)15-8-10-4-3-7-14-13(10)20-2/h3-7H,8H2,1-2H3,(H,15,16). The van der Waals surface area contributed by atoms with Gasteiger partial charge < -0.3 is 10.1 Å². The van der Waals surface area contributed by atoms with E-state index in [9.17, 15) is 10.1 Å². The molecular weight excluding hydrogens is 260 g/mol. The zero-order chi connectivity index (χ0) is 14.5. The summed E-state index contributed by atoms with van der Waals surface area (Å²) in [5.41, 5.74) is 1.26. The fourth-order valence-electron chi connectivity index (χ4n) is 1.77. The van der Waals surface area contributed by atoms with Gasteiger partial charge in [0.2, 0.25) is 5.88 Å². The number of pyridine rings is 2. The molecule has 0 unspecified atom stereocenters. The molecule has 1 N–H and O–H groups in total. The highest BCUT2D eigenvalue weighted by molar-refractivity contribution is 5.45. The summed E-state index contributed by atoms with van der Waals surface area (Å²) in [4.78, 5) is 18.5. The van der Waals surface area contributed by atoms with E-state index < -0.39 is 4.92 Å². The normalized spacial score (nSPS) is 10.1. The number of aryl methyl sites for hydroxylation is 1. The highest BCUT2D eigenvalue weighted by Crippen LogP contribution is 2.19. The van der Waals surface area contributed by atoms with Gasteiger partial charge in [0.05, 0.1) is 12.0 Å². The van der Waals surface area contributed by atoms with E-state index in [1.54, 1.807) is 26.3 Å². The van der Waals surface area contributed by atoms with E-state index in [2.05, 4.69) is 15.3 Å². The quantitative estimate of drug-likeness (QED) is 0.664. The highest BCUT2D eigenvalue weighted by atomic mass is 16.6. The lowest BCUT2D eigenvalue weighted by molar-refractivity contribution is -0.385. The molecule has 0 radical (unpaired) electrons. The van der Waals surface area contributed by atoms with Crippen LogP contribution in [0.2, 0.25) is 0 Å². The Morgan fingerprint density at radius 2 is 2.20 bits per heavy atom. The number of anilines is 1. The number of methoxy groups -OCH3 is 1. The van der Waals surface area contributed by atoms with Crippen LogP contribution in [0, 0.1) is 17.0 Å². The first-order valence-corrected chi connectivity index (χ1v) is 5.95. The number of nitrogens with one attached hydrogen (secondary N) is 1. The van der Waals surface area contributed by atoms with Crippen molar-refractivity contribution in [2.45, 2.75) is 13.5 Å². The minimum Gasteiger partial charge on any atom is -0.481 e. The van der Waals surface area contributed by atoms with Gasteiger partial charge in [0.25, 0.3) is 5.69 Å². The fraction of sp³-hybridized carbons (Fsp3) is 0.231. The smallest absolute Gasteiger partial charge is 0.290 e. The molecule has 0 bridgehead atoms. The third-order valence-electron chi connectivity index (χ3n) is 2.76. The molecule has 0 atom stereocenters. The van der Waals surface area contributed by atoms with Gasteiger partial charge in [0.1, 0.15) is 11.5 Å². The summed E-state index contributed by atoms with van der Waals surface area (Å²) >= 11 is 0. The molecule has 20 heavy (non-hydrogen) atoms. The zero-order valence-corrected chi connectivity index (χ0v) is 11.2. The maximum absolute atomic E-state index is 10.7. The van der Waals surface area contributed by atoms with Gasteiger partial charge in [-0.15, -0.1) is 0 Å². The first kappa shape index (κ1) is 13.7. The first-order chi connectivity index (χ1) is 9.61. The van der Waals surface area contributed by atoms with Gasteiger partial charge in [-0.2, -0.15) is 0 Å². The average molecular weight is 274 g/mol. The van der Waals surface area contributed by atoms with Crippen molar-refractivity contribution < 1.29 is 9.66 Å². The summed E-state index contributed by atoms with van der Waals surface area (Å²) in [5.74, 6) is 1.11. The Kier molecular flexibility index (Phi) is 4.09. The van der Waals surface area contributed by atoms with Gasteiger partial charge in [-0.1, -0.05) is 6.07 Å². The lowest BCUT2D eigenvalue weighted by Gasteiger charge is -2.09. The van der Waals surface area contributed by atoms with Gasteiger partial charge in [-0.3, -0.25) is 10.1 Å². The van der Waals surface area contributed by atoms with Crippen LogP contribution in [0.15, 0.2) is 30.5 Å². The topological polar surface area (TPSA) is 90.2 Å². The lowest BCUT2D eigenvalue weighted by Crippen LogP contribution is -2.05. The van der Waals surface area contributed by atoms with Gasteiger partial charge in [-0.05, 0) is 19.1 Å². The van der Waals surface area contributed by atoms with E-state index in [1.807, 2.05) is 12.1 Å². The lowest BCUT2D eigenvalue weighted by atomic mass is 10.2. The molecule has 0 saturated heterocycles. The average Bonchev–Trinajstić information content (AvgIpc) is 2.45. The maximum atomic E-state index is 10.7. The summed E-state index contributed by atoms with van der Waals surface area (Å²) in [6, 6.07) is 6.71. The monoisotopic (exact) mass is 274 g/mol. The van der Waals surface area contributed by atoms with Gasteiger partial charge >= 0.3 is 0 Å². The van der Waals surface area contributed by atoms with Gasteiger partial charge in [-0.25, -0.2) is 9.97 Å². The number of hydrogen-bond acceptors (Lipinski definition) is 6. The van der Waals surface area contributed by atoms with E-state index in [4.69, 9.17) is 4.74 Å². The number of rotatable bonds is 5. The van der Waals surface area contributed by atoms with Crippen LogP contribution in [0.3, 0.4) is 0 Å². The molecule has 2 rings (SSSR count). The van der Waals surface area contributed by atoms with Crippen molar-refractivity contribution >= 4 is 11.5 Å². The van der Waals surface area contributed by atoms with Crippen molar-refractivity contribution in [3.8, 4) is 5.88 Å². The molecule has 2 heterocycles. The molecular formula is C13H14N4O3. The van der Waals surface area contributed by atoms with E-state index in [-0.39, 0.29) is 5.69 Å². The van der Waals surface area contributed by atoms with Crippen LogP contribution in [-0.2, 0) is 6.54 Å². The van der Waals surface area contributed by atoms with Crippen molar-refractivity contribution in [1.29, 1.82) is 0 Å². The Balaban J connectivity index is 2.11. The van der Waals surface area contributed by atoms with E-state index in [1.165, 1.54) is 6.07 Å². The molecule has 0 aliphatic carbocycles. The molecule has 7 nitrogen and oxygen atoms in total. The van der Waals surface area contributed by atoms with Crippen LogP contribution in [-0.4, -0.2) is 22.0 Å². The fourth-order valence-corrected chi connectivity index (χ4v) is 1.77. The predicted octanol–water partition coefficient (Wildman–Crippen LogP) is 2.31. The Morgan fingerprint density at radius 3 is 2.85 bits per heavy atom. The van der Waals surface area contributed by atoms with Crippen molar-refractivity contribution in [3.63, 3.8) is 0 Å². The second-order valence-electron chi connectivity index (χ2n) is 4.08. The second kappa shape index (κ2) is 5.96. The molecule has 0 aliphatic heterocycles. The Bertz CT molecular complexity index is 631.